The first-order chi connectivity index (χ1) is 12.1. The zero-order chi connectivity index (χ0) is 17.4. The van der Waals surface area contributed by atoms with Crippen LogP contribution in [0.2, 0.25) is 0 Å². The summed E-state index contributed by atoms with van der Waals surface area (Å²) in [6.45, 7) is 1.78. The lowest BCUT2D eigenvalue weighted by Crippen LogP contribution is -2.02. The van der Waals surface area contributed by atoms with Crippen molar-refractivity contribution in [1.82, 2.24) is 0 Å². The largest absolute Gasteiger partial charge is 0.508 e. The van der Waals surface area contributed by atoms with Gasteiger partial charge in [0.2, 0.25) is 0 Å². The normalized spacial score (nSPS) is 10.9. The number of carbonyl (C=O) groups excluding carboxylic acids is 1. The van der Waals surface area contributed by atoms with Crippen LogP contribution >= 0.6 is 0 Å². The number of rotatable bonds is 3. The number of furan rings is 1. The molecule has 25 heavy (non-hydrogen) atoms. The van der Waals surface area contributed by atoms with Gasteiger partial charge in [-0.3, -0.25) is 4.79 Å². The van der Waals surface area contributed by atoms with Crippen molar-refractivity contribution >= 4 is 16.8 Å². The Morgan fingerprint density at radius 2 is 1.64 bits per heavy atom. The third-order valence-electron chi connectivity index (χ3n) is 4.32. The molecule has 0 bridgehead atoms. The first-order valence-corrected chi connectivity index (χ1v) is 8.06. The second-order valence-electron chi connectivity index (χ2n) is 6.00. The predicted octanol–water partition coefficient (Wildman–Crippen LogP) is 5.34. The van der Waals surface area contributed by atoms with E-state index in [-0.39, 0.29) is 11.5 Å². The fourth-order valence-corrected chi connectivity index (χ4v) is 3.00. The maximum absolute atomic E-state index is 13.2. The van der Waals surface area contributed by atoms with Gasteiger partial charge in [-0.05, 0) is 36.8 Å². The summed E-state index contributed by atoms with van der Waals surface area (Å²) in [5.74, 6) is 0.626. The van der Waals surface area contributed by atoms with E-state index in [1.165, 1.54) is 0 Å². The molecule has 0 unspecified atom stereocenters. The molecule has 3 nitrogen and oxygen atoms in total. The van der Waals surface area contributed by atoms with Gasteiger partial charge in [-0.15, -0.1) is 0 Å². The van der Waals surface area contributed by atoms with Crippen LogP contribution in [0, 0.1) is 6.92 Å². The van der Waals surface area contributed by atoms with E-state index in [4.69, 9.17) is 4.42 Å². The molecule has 0 aliphatic rings. The number of phenolic OH excluding ortho intramolecular Hbond substituents is 1. The van der Waals surface area contributed by atoms with Gasteiger partial charge >= 0.3 is 0 Å². The minimum atomic E-state index is -0.119. The maximum Gasteiger partial charge on any atom is 0.197 e. The summed E-state index contributed by atoms with van der Waals surface area (Å²) >= 11 is 0. The summed E-state index contributed by atoms with van der Waals surface area (Å²) in [5.41, 5.74) is 3.28. The van der Waals surface area contributed by atoms with Crippen LogP contribution < -0.4 is 0 Å². The molecule has 1 aromatic heterocycles. The summed E-state index contributed by atoms with van der Waals surface area (Å²) < 4.78 is 6.01. The van der Waals surface area contributed by atoms with Crippen molar-refractivity contribution in [2.45, 2.75) is 6.92 Å². The standard InChI is InChI=1S/C22H16O3/c1-14-13-16(11-12-18(14)23)21(24)20-17-9-5-6-10-19(17)25-22(20)15-7-3-2-4-8-15/h2-13,23H,1H3. The number of ketones is 1. The third-order valence-corrected chi connectivity index (χ3v) is 4.32. The Bertz CT molecular complexity index is 1080. The van der Waals surface area contributed by atoms with Crippen LogP contribution in [-0.4, -0.2) is 10.9 Å². The minimum absolute atomic E-state index is 0.119. The highest BCUT2D eigenvalue weighted by Crippen LogP contribution is 2.35. The Labute approximate surface area is 145 Å². The number of aryl methyl sites for hydroxylation is 1. The number of hydrogen-bond donors (Lipinski definition) is 1. The average Bonchev–Trinajstić information content (AvgIpc) is 3.03. The number of aromatic hydroxyl groups is 1. The summed E-state index contributed by atoms with van der Waals surface area (Å²) in [5, 5.41) is 10.5. The molecule has 0 radical (unpaired) electrons. The quantitative estimate of drug-likeness (QED) is 0.516. The Morgan fingerprint density at radius 3 is 2.40 bits per heavy atom. The molecule has 122 valence electrons. The molecule has 0 saturated carbocycles. The molecule has 0 amide bonds. The lowest BCUT2D eigenvalue weighted by molar-refractivity contribution is 0.104. The summed E-state index contributed by atoms with van der Waals surface area (Å²) in [6, 6.07) is 22.0. The van der Waals surface area contributed by atoms with Gasteiger partial charge in [0.05, 0.1) is 5.56 Å². The van der Waals surface area contributed by atoms with E-state index in [1.54, 1.807) is 25.1 Å². The first-order valence-electron chi connectivity index (χ1n) is 8.06. The van der Waals surface area contributed by atoms with E-state index in [1.807, 2.05) is 54.6 Å². The topological polar surface area (TPSA) is 50.4 Å². The minimum Gasteiger partial charge on any atom is -0.508 e. The third kappa shape index (κ3) is 2.60. The lowest BCUT2D eigenvalue weighted by Gasteiger charge is -2.05. The molecule has 1 heterocycles. The Morgan fingerprint density at radius 1 is 0.920 bits per heavy atom. The first kappa shape index (κ1) is 15.2. The number of phenols is 1. The Kier molecular flexibility index (Phi) is 3.62. The van der Waals surface area contributed by atoms with Crippen LogP contribution in [-0.2, 0) is 0 Å². The predicted molar refractivity (Wildman–Crippen MR) is 97.9 cm³/mol. The van der Waals surface area contributed by atoms with E-state index >= 15 is 0 Å². The maximum atomic E-state index is 13.2. The molecule has 4 aromatic rings. The smallest absolute Gasteiger partial charge is 0.197 e. The van der Waals surface area contributed by atoms with Crippen LogP contribution in [0.15, 0.2) is 77.2 Å². The second-order valence-corrected chi connectivity index (χ2v) is 6.00. The highest BCUT2D eigenvalue weighted by molar-refractivity contribution is 6.19. The van der Waals surface area contributed by atoms with E-state index < -0.39 is 0 Å². The second kappa shape index (κ2) is 5.95. The van der Waals surface area contributed by atoms with Gasteiger partial charge in [0.25, 0.3) is 0 Å². The number of para-hydroxylation sites is 1. The number of benzene rings is 3. The summed E-state index contributed by atoms with van der Waals surface area (Å²) in [4.78, 5) is 13.2. The Hall–Kier alpha value is -3.33. The number of hydrogen-bond acceptors (Lipinski definition) is 3. The SMILES string of the molecule is Cc1cc(C(=O)c2c(-c3ccccc3)oc3ccccc23)ccc1O. The molecule has 4 rings (SSSR count). The molecule has 0 spiro atoms. The van der Waals surface area contributed by atoms with Gasteiger partial charge in [0.1, 0.15) is 17.1 Å². The molecule has 3 aromatic carbocycles. The molecular weight excluding hydrogens is 312 g/mol. The van der Waals surface area contributed by atoms with Crippen LogP contribution in [0.1, 0.15) is 21.5 Å². The van der Waals surface area contributed by atoms with Gasteiger partial charge in [0, 0.05) is 16.5 Å². The van der Waals surface area contributed by atoms with Gasteiger partial charge in [-0.1, -0.05) is 48.5 Å². The van der Waals surface area contributed by atoms with Crippen molar-refractivity contribution in [2.75, 3.05) is 0 Å². The molecule has 1 N–H and O–H groups in total. The highest BCUT2D eigenvalue weighted by atomic mass is 16.3. The van der Waals surface area contributed by atoms with Crippen LogP contribution in [0.5, 0.6) is 5.75 Å². The zero-order valence-electron chi connectivity index (χ0n) is 13.7. The molecule has 3 heteroatoms. The molecular formula is C22H16O3. The van der Waals surface area contributed by atoms with Crippen LogP contribution in [0.25, 0.3) is 22.3 Å². The van der Waals surface area contributed by atoms with Crippen molar-refractivity contribution in [1.29, 1.82) is 0 Å². The fraction of sp³-hybridized carbons (Fsp3) is 0.0455. The Balaban J connectivity index is 1.96. The van der Waals surface area contributed by atoms with E-state index in [9.17, 15) is 9.90 Å². The molecule has 0 fully saturated rings. The van der Waals surface area contributed by atoms with Crippen LogP contribution in [0.3, 0.4) is 0 Å². The van der Waals surface area contributed by atoms with Crippen molar-refractivity contribution in [3.8, 4) is 17.1 Å². The van der Waals surface area contributed by atoms with Crippen molar-refractivity contribution in [3.63, 3.8) is 0 Å². The lowest BCUT2D eigenvalue weighted by atomic mass is 9.96. The van der Waals surface area contributed by atoms with Crippen LogP contribution in [0.4, 0.5) is 0 Å². The number of carbonyl (C=O) groups is 1. The zero-order valence-corrected chi connectivity index (χ0v) is 13.7. The van der Waals surface area contributed by atoms with Crippen molar-refractivity contribution < 1.29 is 14.3 Å². The van der Waals surface area contributed by atoms with Gasteiger partial charge in [-0.2, -0.15) is 0 Å². The van der Waals surface area contributed by atoms with Gasteiger partial charge in [-0.25, -0.2) is 0 Å². The summed E-state index contributed by atoms with van der Waals surface area (Å²) in [6.07, 6.45) is 0. The molecule has 0 atom stereocenters. The van der Waals surface area contributed by atoms with Crippen molar-refractivity contribution in [2.24, 2.45) is 0 Å². The number of fused-ring (bicyclic) bond motifs is 1. The molecule has 0 aliphatic carbocycles. The van der Waals surface area contributed by atoms with Crippen molar-refractivity contribution in [3.05, 3.63) is 89.5 Å². The van der Waals surface area contributed by atoms with Gasteiger partial charge in [0.15, 0.2) is 5.78 Å². The average molecular weight is 328 g/mol. The van der Waals surface area contributed by atoms with Gasteiger partial charge < -0.3 is 9.52 Å². The highest BCUT2D eigenvalue weighted by Gasteiger charge is 2.23. The van der Waals surface area contributed by atoms with E-state index in [2.05, 4.69) is 0 Å². The molecule has 0 aliphatic heterocycles. The summed E-state index contributed by atoms with van der Waals surface area (Å²) in [7, 11) is 0. The molecule has 0 saturated heterocycles. The van der Waals surface area contributed by atoms with E-state index in [0.717, 1.165) is 10.9 Å². The monoisotopic (exact) mass is 328 g/mol. The van der Waals surface area contributed by atoms with E-state index in [0.29, 0.717) is 28.0 Å². The fourth-order valence-electron chi connectivity index (χ4n) is 3.00.